The second kappa shape index (κ2) is 18.9. The first-order valence-electron chi connectivity index (χ1n) is 15.4. The number of carboxylic acid groups (broad SMARTS) is 1. The minimum absolute atomic E-state index is 0.0502. The number of esters is 2. The summed E-state index contributed by atoms with van der Waals surface area (Å²) in [5.74, 6) is -2.64. The molecule has 44 heavy (non-hydrogen) atoms. The summed E-state index contributed by atoms with van der Waals surface area (Å²) < 4.78 is 27.8. The number of methoxy groups -OCH3 is 2. The van der Waals surface area contributed by atoms with Gasteiger partial charge in [-0.3, -0.25) is 14.4 Å². The second-order valence-corrected chi connectivity index (χ2v) is 11.9. The summed E-state index contributed by atoms with van der Waals surface area (Å²) in [7, 11) is 3.23. The molecule has 0 amide bonds. The van der Waals surface area contributed by atoms with Gasteiger partial charge in [0.1, 0.15) is 12.7 Å². The molecule has 0 unspecified atom stereocenters. The molecule has 9 nitrogen and oxygen atoms in total. The molecule has 0 radical (unpaired) electrons. The van der Waals surface area contributed by atoms with Gasteiger partial charge in [-0.1, -0.05) is 64.1 Å². The quantitative estimate of drug-likeness (QED) is 0.134. The fourth-order valence-electron chi connectivity index (χ4n) is 5.21. The van der Waals surface area contributed by atoms with Crippen LogP contribution >= 0.6 is 0 Å². The lowest BCUT2D eigenvalue weighted by Gasteiger charge is -2.32. The molecular weight excluding hydrogens is 564 g/mol. The van der Waals surface area contributed by atoms with E-state index >= 15 is 0 Å². The summed E-state index contributed by atoms with van der Waals surface area (Å²) in [5.41, 5.74) is 1.83. The van der Waals surface area contributed by atoms with Crippen molar-refractivity contribution < 1.29 is 43.2 Å². The maximum Gasteiger partial charge on any atom is 0.310 e. The van der Waals surface area contributed by atoms with E-state index in [9.17, 15) is 19.5 Å². The van der Waals surface area contributed by atoms with Crippen LogP contribution < -0.4 is 9.47 Å². The Balaban J connectivity index is 2.26. The average Bonchev–Trinajstić information content (AvgIpc) is 2.98. The molecule has 4 atom stereocenters. The van der Waals surface area contributed by atoms with Gasteiger partial charge in [0.05, 0.1) is 25.6 Å². The van der Waals surface area contributed by atoms with Crippen molar-refractivity contribution in [3.05, 3.63) is 59.7 Å². The topological polar surface area (TPSA) is 118 Å². The number of rotatable bonds is 20. The van der Waals surface area contributed by atoms with Crippen molar-refractivity contribution in [3.63, 3.8) is 0 Å². The van der Waals surface area contributed by atoms with Gasteiger partial charge in [0.15, 0.2) is 11.5 Å². The molecule has 1 N–H and O–H groups in total. The molecule has 244 valence electrons. The molecular formula is C35H50O9. The Morgan fingerprint density at radius 1 is 0.818 bits per heavy atom. The number of carboxylic acids is 1. The highest BCUT2D eigenvalue weighted by Crippen LogP contribution is 2.34. The third-order valence-corrected chi connectivity index (χ3v) is 7.88. The van der Waals surface area contributed by atoms with Gasteiger partial charge >= 0.3 is 17.9 Å². The second-order valence-electron chi connectivity index (χ2n) is 11.9. The van der Waals surface area contributed by atoms with Crippen LogP contribution in [0, 0.1) is 29.6 Å². The van der Waals surface area contributed by atoms with E-state index in [1.165, 1.54) is 6.92 Å². The van der Waals surface area contributed by atoms with Gasteiger partial charge in [-0.15, -0.1) is 0 Å². The largest absolute Gasteiger partial charge is 0.493 e. The van der Waals surface area contributed by atoms with Gasteiger partial charge in [0.25, 0.3) is 0 Å². The lowest BCUT2D eigenvalue weighted by Crippen LogP contribution is -2.38. The molecule has 0 aromatic heterocycles. The number of aliphatic carboxylic acids is 1. The fraction of sp³-hybridized carbons (Fsp3) is 0.571. The molecule has 2 aromatic carbocycles. The third-order valence-electron chi connectivity index (χ3n) is 7.88. The molecule has 0 spiro atoms. The van der Waals surface area contributed by atoms with E-state index in [1.807, 2.05) is 76.2 Å². The Morgan fingerprint density at radius 3 is 2.09 bits per heavy atom. The van der Waals surface area contributed by atoms with Crippen LogP contribution in [0.3, 0.4) is 0 Å². The van der Waals surface area contributed by atoms with Crippen molar-refractivity contribution in [1.82, 2.24) is 0 Å². The van der Waals surface area contributed by atoms with E-state index in [0.29, 0.717) is 31.1 Å². The lowest BCUT2D eigenvalue weighted by molar-refractivity contribution is -0.164. The number of carbonyl (C=O) groups is 3. The maximum atomic E-state index is 13.2. The number of hydrogen-bond donors (Lipinski definition) is 1. The summed E-state index contributed by atoms with van der Waals surface area (Å²) in [6, 6.07) is 15.1. The Labute approximate surface area is 262 Å². The molecule has 0 saturated heterocycles. The zero-order valence-electron chi connectivity index (χ0n) is 27.2. The van der Waals surface area contributed by atoms with E-state index in [4.69, 9.17) is 23.7 Å². The SMILES string of the molecule is COCCCOc1cc(C[C@H](C[C@H](C(=O)O)[C@H](C[C@H](C(=O)OCc2ccccc2)C(C)C)OC(C)=O)C(C)C)ccc1OC. The van der Waals surface area contributed by atoms with Gasteiger partial charge in [-0.05, 0) is 60.3 Å². The van der Waals surface area contributed by atoms with Crippen molar-refractivity contribution in [2.75, 3.05) is 27.4 Å². The third kappa shape index (κ3) is 12.2. The summed E-state index contributed by atoms with van der Waals surface area (Å²) in [6.07, 6.45) is 0.616. The molecule has 0 fully saturated rings. The van der Waals surface area contributed by atoms with Crippen LogP contribution in [-0.4, -0.2) is 56.6 Å². The Morgan fingerprint density at radius 2 is 1.52 bits per heavy atom. The molecule has 0 aliphatic rings. The van der Waals surface area contributed by atoms with Crippen molar-refractivity contribution in [1.29, 1.82) is 0 Å². The molecule has 2 rings (SSSR count). The maximum absolute atomic E-state index is 13.2. The highest BCUT2D eigenvalue weighted by Gasteiger charge is 2.38. The van der Waals surface area contributed by atoms with E-state index in [2.05, 4.69) is 0 Å². The first kappa shape index (κ1) is 36.6. The minimum atomic E-state index is -1.07. The van der Waals surface area contributed by atoms with Crippen LogP contribution in [0.2, 0.25) is 0 Å². The molecule has 0 aliphatic heterocycles. The van der Waals surface area contributed by atoms with Crippen LogP contribution in [0.4, 0.5) is 0 Å². The molecule has 9 heteroatoms. The lowest BCUT2D eigenvalue weighted by atomic mass is 9.77. The summed E-state index contributed by atoms with van der Waals surface area (Å²) >= 11 is 0. The first-order valence-corrected chi connectivity index (χ1v) is 15.4. The van der Waals surface area contributed by atoms with E-state index in [-0.39, 0.29) is 37.2 Å². The fourth-order valence-corrected chi connectivity index (χ4v) is 5.21. The van der Waals surface area contributed by atoms with Gasteiger partial charge in [-0.2, -0.15) is 0 Å². The number of benzene rings is 2. The molecule has 0 saturated carbocycles. The van der Waals surface area contributed by atoms with Gasteiger partial charge < -0.3 is 28.8 Å². The van der Waals surface area contributed by atoms with E-state index < -0.39 is 35.8 Å². The van der Waals surface area contributed by atoms with Crippen molar-refractivity contribution in [3.8, 4) is 11.5 Å². The molecule has 0 bridgehead atoms. The van der Waals surface area contributed by atoms with Gasteiger partial charge in [-0.25, -0.2) is 0 Å². The standard InChI is InChI=1S/C35H50O9/c1-23(2)28(18-27-14-15-31(41-7)33(19-27)42-17-11-16-40-6)20-30(34(37)38)32(44-25(5)36)21-29(24(3)4)35(39)43-22-26-12-9-8-10-13-26/h8-10,12-15,19,23-24,28-30,32H,11,16-18,20-22H2,1-7H3,(H,37,38)/t28-,29+,30+,32+/m1/s1. The average molecular weight is 615 g/mol. The smallest absolute Gasteiger partial charge is 0.310 e. The van der Waals surface area contributed by atoms with Gasteiger partial charge in [0.2, 0.25) is 0 Å². The minimum Gasteiger partial charge on any atom is -0.493 e. The number of ether oxygens (including phenoxy) is 5. The highest BCUT2D eigenvalue weighted by atomic mass is 16.5. The molecule has 2 aromatic rings. The molecule has 0 aliphatic carbocycles. The Kier molecular flexibility index (Phi) is 15.8. The first-order chi connectivity index (χ1) is 21.0. The number of hydrogen-bond acceptors (Lipinski definition) is 8. The van der Waals surface area contributed by atoms with Crippen LogP contribution in [0.25, 0.3) is 0 Å². The monoisotopic (exact) mass is 614 g/mol. The Bertz CT molecular complexity index is 1160. The number of carbonyl (C=O) groups excluding carboxylic acids is 2. The van der Waals surface area contributed by atoms with Crippen molar-refractivity contribution >= 4 is 17.9 Å². The van der Waals surface area contributed by atoms with Crippen molar-refractivity contribution in [2.45, 2.75) is 73.0 Å². The van der Waals surface area contributed by atoms with Crippen molar-refractivity contribution in [2.24, 2.45) is 29.6 Å². The van der Waals surface area contributed by atoms with E-state index in [1.54, 1.807) is 14.2 Å². The Hall–Kier alpha value is -3.59. The molecule has 0 heterocycles. The zero-order chi connectivity index (χ0) is 32.6. The summed E-state index contributed by atoms with van der Waals surface area (Å²) in [6.45, 7) is 10.3. The highest BCUT2D eigenvalue weighted by molar-refractivity contribution is 5.74. The van der Waals surface area contributed by atoms with Crippen LogP contribution in [-0.2, 0) is 41.6 Å². The van der Waals surface area contributed by atoms with E-state index in [0.717, 1.165) is 17.5 Å². The normalized spacial score (nSPS) is 14.0. The zero-order valence-corrected chi connectivity index (χ0v) is 27.2. The summed E-state index contributed by atoms with van der Waals surface area (Å²) in [4.78, 5) is 38.1. The van der Waals surface area contributed by atoms with Crippen LogP contribution in [0.15, 0.2) is 48.5 Å². The van der Waals surface area contributed by atoms with Crippen LogP contribution in [0.5, 0.6) is 11.5 Å². The predicted octanol–water partition coefficient (Wildman–Crippen LogP) is 6.35. The summed E-state index contributed by atoms with van der Waals surface area (Å²) in [5, 5.41) is 10.4. The van der Waals surface area contributed by atoms with Crippen LogP contribution in [0.1, 0.15) is 65.0 Å². The predicted molar refractivity (Wildman–Crippen MR) is 167 cm³/mol. The van der Waals surface area contributed by atoms with Gasteiger partial charge in [0, 0.05) is 27.1 Å².